The van der Waals surface area contributed by atoms with Crippen LogP contribution in [0.25, 0.3) is 0 Å². The van der Waals surface area contributed by atoms with Crippen molar-refractivity contribution < 1.29 is 4.74 Å². The molecule has 0 amide bonds. The summed E-state index contributed by atoms with van der Waals surface area (Å²) in [5.41, 5.74) is 1.87. The minimum Gasteiger partial charge on any atom is -0.489 e. The van der Waals surface area contributed by atoms with E-state index in [4.69, 9.17) is 16.3 Å². The van der Waals surface area contributed by atoms with Gasteiger partial charge in [-0.2, -0.15) is 0 Å². The molecule has 1 aromatic heterocycles. The lowest BCUT2D eigenvalue weighted by Gasteiger charge is -2.25. The van der Waals surface area contributed by atoms with Gasteiger partial charge in [0.2, 0.25) is 0 Å². The van der Waals surface area contributed by atoms with Gasteiger partial charge < -0.3 is 10.1 Å². The summed E-state index contributed by atoms with van der Waals surface area (Å²) in [6.45, 7) is 5.24. The van der Waals surface area contributed by atoms with Crippen LogP contribution in [0, 0.1) is 0 Å². The number of aromatic nitrogens is 1. The zero-order chi connectivity index (χ0) is 15.1. The zero-order valence-electron chi connectivity index (χ0n) is 12.4. The van der Waals surface area contributed by atoms with E-state index in [2.05, 4.69) is 24.1 Å². The average molecular weight is 325 g/mol. The Bertz CT molecular complexity index is 533. The third kappa shape index (κ3) is 5.30. The van der Waals surface area contributed by atoms with Crippen LogP contribution in [0.4, 0.5) is 0 Å². The first-order chi connectivity index (χ1) is 10.2. The van der Waals surface area contributed by atoms with Gasteiger partial charge in [-0.05, 0) is 38.1 Å². The molecule has 3 nitrogen and oxygen atoms in total. The molecule has 2 unspecified atom stereocenters. The highest BCUT2D eigenvalue weighted by Crippen LogP contribution is 2.20. The fourth-order valence-electron chi connectivity index (χ4n) is 2.13. The molecular weight excluding hydrogens is 304 g/mol. The Kier molecular flexibility index (Phi) is 6.49. The summed E-state index contributed by atoms with van der Waals surface area (Å²) in [6.07, 6.45) is 4.00. The zero-order valence-corrected chi connectivity index (χ0v) is 14.0. The van der Waals surface area contributed by atoms with E-state index in [-0.39, 0.29) is 12.1 Å². The summed E-state index contributed by atoms with van der Waals surface area (Å²) < 4.78 is 6.04. The van der Waals surface area contributed by atoms with Crippen LogP contribution >= 0.6 is 22.9 Å². The molecule has 2 rings (SSSR count). The van der Waals surface area contributed by atoms with Gasteiger partial charge in [0, 0.05) is 28.6 Å². The maximum Gasteiger partial charge on any atom is 0.121 e. The maximum atomic E-state index is 6.04. The summed E-state index contributed by atoms with van der Waals surface area (Å²) in [5, 5.41) is 4.26. The minimum absolute atomic E-state index is 0.0529. The molecule has 0 saturated carbocycles. The summed E-state index contributed by atoms with van der Waals surface area (Å²) in [7, 11) is 0. The van der Waals surface area contributed by atoms with Gasteiger partial charge in [-0.1, -0.05) is 24.6 Å². The van der Waals surface area contributed by atoms with E-state index in [1.807, 2.05) is 36.0 Å². The van der Waals surface area contributed by atoms with E-state index in [1.54, 1.807) is 11.3 Å². The fraction of sp³-hybridized carbons (Fsp3) is 0.438. The average Bonchev–Trinajstić information content (AvgIpc) is 2.96. The number of rotatable bonds is 8. The van der Waals surface area contributed by atoms with Crippen molar-refractivity contribution in [3.05, 3.63) is 45.9 Å². The lowest BCUT2D eigenvalue weighted by atomic mass is 10.1. The fourth-order valence-corrected chi connectivity index (χ4v) is 2.97. The minimum atomic E-state index is 0.0529. The van der Waals surface area contributed by atoms with Gasteiger partial charge in [0.05, 0.1) is 5.51 Å². The van der Waals surface area contributed by atoms with Crippen LogP contribution in [0.15, 0.2) is 36.0 Å². The number of hydrogen-bond donors (Lipinski definition) is 1. The molecule has 5 heteroatoms. The number of nitrogens with zero attached hydrogens (tertiary/aromatic N) is 1. The number of benzene rings is 1. The van der Waals surface area contributed by atoms with Gasteiger partial charge in [-0.15, -0.1) is 11.3 Å². The Morgan fingerprint density at radius 1 is 1.43 bits per heavy atom. The number of halogens is 1. The van der Waals surface area contributed by atoms with Crippen LogP contribution < -0.4 is 10.1 Å². The topological polar surface area (TPSA) is 34.2 Å². The summed E-state index contributed by atoms with van der Waals surface area (Å²) >= 11 is 7.69. The van der Waals surface area contributed by atoms with Crippen LogP contribution in [0.1, 0.15) is 25.1 Å². The SMILES string of the molecule is CCCNC(Cc1cncs1)C(C)Oc1cccc(Cl)c1. The Morgan fingerprint density at radius 2 is 2.29 bits per heavy atom. The normalized spacial score (nSPS) is 13.9. The standard InChI is InChI=1S/C16H21ClN2OS/c1-3-7-19-16(9-15-10-18-11-21-15)12(2)20-14-6-4-5-13(17)8-14/h4-6,8,10-12,16,19H,3,7,9H2,1-2H3. The highest BCUT2D eigenvalue weighted by molar-refractivity contribution is 7.09. The van der Waals surface area contributed by atoms with Gasteiger partial charge in [0.1, 0.15) is 11.9 Å². The third-order valence-electron chi connectivity index (χ3n) is 3.25. The first kappa shape index (κ1) is 16.3. The van der Waals surface area contributed by atoms with E-state index in [1.165, 1.54) is 4.88 Å². The van der Waals surface area contributed by atoms with Crippen molar-refractivity contribution in [1.29, 1.82) is 0 Å². The first-order valence-electron chi connectivity index (χ1n) is 7.22. The van der Waals surface area contributed by atoms with E-state index in [9.17, 15) is 0 Å². The highest BCUT2D eigenvalue weighted by Gasteiger charge is 2.19. The largest absolute Gasteiger partial charge is 0.489 e. The molecule has 114 valence electrons. The lowest BCUT2D eigenvalue weighted by Crippen LogP contribution is -2.43. The Morgan fingerprint density at radius 3 is 2.95 bits per heavy atom. The second-order valence-corrected chi connectivity index (χ2v) is 6.42. The molecule has 0 spiro atoms. The molecule has 0 saturated heterocycles. The summed E-state index contributed by atoms with van der Waals surface area (Å²) in [5.74, 6) is 0.808. The maximum absolute atomic E-state index is 6.04. The van der Waals surface area contributed by atoms with Gasteiger partial charge in [0.25, 0.3) is 0 Å². The van der Waals surface area contributed by atoms with Crippen molar-refractivity contribution in [1.82, 2.24) is 10.3 Å². The molecule has 0 bridgehead atoms. The van der Waals surface area contributed by atoms with E-state index in [0.29, 0.717) is 5.02 Å². The highest BCUT2D eigenvalue weighted by atomic mass is 35.5. The Hall–Kier alpha value is -1.10. The molecule has 21 heavy (non-hydrogen) atoms. The molecule has 1 aromatic carbocycles. The van der Waals surface area contributed by atoms with Crippen molar-refractivity contribution in [2.24, 2.45) is 0 Å². The lowest BCUT2D eigenvalue weighted by molar-refractivity contribution is 0.169. The summed E-state index contributed by atoms with van der Waals surface area (Å²) in [6, 6.07) is 7.79. The molecular formula is C16H21ClN2OS. The van der Waals surface area contributed by atoms with Crippen molar-refractivity contribution >= 4 is 22.9 Å². The smallest absolute Gasteiger partial charge is 0.121 e. The molecule has 0 aliphatic heterocycles. The predicted molar refractivity (Wildman–Crippen MR) is 89.4 cm³/mol. The monoisotopic (exact) mass is 324 g/mol. The second-order valence-electron chi connectivity index (χ2n) is 5.01. The quantitative estimate of drug-likeness (QED) is 0.791. The van der Waals surface area contributed by atoms with Gasteiger partial charge in [-0.3, -0.25) is 4.98 Å². The van der Waals surface area contributed by atoms with Crippen LogP contribution in [0.2, 0.25) is 5.02 Å². The predicted octanol–water partition coefficient (Wildman–Crippen LogP) is 4.17. The molecule has 2 atom stereocenters. The Balaban J connectivity index is 2.00. The van der Waals surface area contributed by atoms with Gasteiger partial charge in [-0.25, -0.2) is 0 Å². The van der Waals surface area contributed by atoms with Gasteiger partial charge >= 0.3 is 0 Å². The van der Waals surface area contributed by atoms with Crippen molar-refractivity contribution in [2.75, 3.05) is 6.54 Å². The number of hydrogen-bond acceptors (Lipinski definition) is 4. The van der Waals surface area contributed by atoms with Crippen molar-refractivity contribution in [3.63, 3.8) is 0 Å². The molecule has 0 radical (unpaired) electrons. The van der Waals surface area contributed by atoms with Crippen LogP contribution in [0.5, 0.6) is 5.75 Å². The van der Waals surface area contributed by atoms with Crippen LogP contribution in [0.3, 0.4) is 0 Å². The van der Waals surface area contributed by atoms with E-state index in [0.717, 1.165) is 25.1 Å². The number of nitrogens with one attached hydrogen (secondary N) is 1. The number of ether oxygens (including phenoxy) is 1. The summed E-state index contributed by atoms with van der Waals surface area (Å²) in [4.78, 5) is 5.41. The molecule has 1 N–H and O–H groups in total. The van der Waals surface area contributed by atoms with Crippen LogP contribution in [-0.2, 0) is 6.42 Å². The third-order valence-corrected chi connectivity index (χ3v) is 4.28. The van der Waals surface area contributed by atoms with E-state index < -0.39 is 0 Å². The molecule has 0 fully saturated rings. The van der Waals surface area contributed by atoms with E-state index >= 15 is 0 Å². The molecule has 0 aliphatic carbocycles. The molecule has 0 aliphatic rings. The molecule has 2 aromatic rings. The molecule has 1 heterocycles. The number of thiazole rings is 1. The first-order valence-corrected chi connectivity index (χ1v) is 8.47. The van der Waals surface area contributed by atoms with Gasteiger partial charge in [0.15, 0.2) is 0 Å². The second kappa shape index (κ2) is 8.37. The van der Waals surface area contributed by atoms with Crippen molar-refractivity contribution in [3.8, 4) is 5.75 Å². The Labute approximate surface area is 135 Å². The van der Waals surface area contributed by atoms with Crippen molar-refractivity contribution in [2.45, 2.75) is 38.8 Å². The van der Waals surface area contributed by atoms with Crippen LogP contribution in [-0.4, -0.2) is 23.7 Å².